The van der Waals surface area contributed by atoms with Crippen LogP contribution in [0.2, 0.25) is 0 Å². The second-order valence-electron chi connectivity index (χ2n) is 6.06. The number of ether oxygens (including phenoxy) is 1. The number of carbonyl (C=O) groups is 1. The smallest absolute Gasteiger partial charge is 0.228 e. The number of nitrogens with one attached hydrogen (secondary N) is 2. The first-order chi connectivity index (χ1) is 9.64. The third kappa shape index (κ3) is 3.16. The Bertz CT molecular complexity index is 527. The molecule has 1 spiro atoms. The first-order valence-corrected chi connectivity index (χ1v) is 7.31. The number of piperidine rings is 1. The molecule has 2 fully saturated rings. The van der Waals surface area contributed by atoms with E-state index in [4.69, 9.17) is 4.74 Å². The van der Waals surface area contributed by atoms with Crippen molar-refractivity contribution in [3.63, 3.8) is 0 Å². The summed E-state index contributed by atoms with van der Waals surface area (Å²) in [4.78, 5) is 12.4. The van der Waals surface area contributed by atoms with Gasteiger partial charge in [0.15, 0.2) is 0 Å². The molecule has 5 heteroatoms. The molecule has 1 heterocycles. The number of hydrogen-bond donors (Lipinski definition) is 2. The summed E-state index contributed by atoms with van der Waals surface area (Å²) in [5.41, 5.74) is 2.17. The Morgan fingerprint density at radius 1 is 1.38 bits per heavy atom. The minimum atomic E-state index is 0. The van der Waals surface area contributed by atoms with E-state index in [0.29, 0.717) is 0 Å². The number of amides is 1. The summed E-state index contributed by atoms with van der Waals surface area (Å²) in [5, 5.41) is 6.40. The summed E-state index contributed by atoms with van der Waals surface area (Å²) in [6.07, 6.45) is 3.28. The van der Waals surface area contributed by atoms with Crippen molar-refractivity contribution < 1.29 is 9.53 Å². The molecule has 1 saturated carbocycles. The quantitative estimate of drug-likeness (QED) is 0.902. The summed E-state index contributed by atoms with van der Waals surface area (Å²) in [7, 11) is 1.63. The Kier molecular flexibility index (Phi) is 4.79. The van der Waals surface area contributed by atoms with Crippen LogP contribution in [0.3, 0.4) is 0 Å². The second kappa shape index (κ2) is 6.24. The second-order valence-corrected chi connectivity index (χ2v) is 6.06. The molecule has 2 N–H and O–H groups in total. The molecule has 21 heavy (non-hydrogen) atoms. The fraction of sp³-hybridized carbons (Fsp3) is 0.562. The van der Waals surface area contributed by atoms with E-state index >= 15 is 0 Å². The molecule has 1 saturated heterocycles. The molecule has 1 aromatic carbocycles. The highest BCUT2D eigenvalue weighted by Crippen LogP contribution is 2.58. The van der Waals surface area contributed by atoms with E-state index in [1.165, 1.54) is 0 Å². The summed E-state index contributed by atoms with van der Waals surface area (Å²) in [5.74, 6) is 1.06. The zero-order chi connectivity index (χ0) is 14.2. The lowest BCUT2D eigenvalue weighted by atomic mass is 9.92. The molecule has 0 radical (unpaired) electrons. The van der Waals surface area contributed by atoms with Gasteiger partial charge in [-0.3, -0.25) is 4.79 Å². The summed E-state index contributed by atoms with van der Waals surface area (Å²) in [6, 6.07) is 5.86. The highest BCUT2D eigenvalue weighted by atomic mass is 35.5. The lowest BCUT2D eigenvalue weighted by Crippen LogP contribution is -2.31. The summed E-state index contributed by atoms with van der Waals surface area (Å²) in [6.45, 7) is 4.09. The molecule has 1 aliphatic heterocycles. The minimum Gasteiger partial charge on any atom is -0.495 e. The van der Waals surface area contributed by atoms with Crippen LogP contribution in [0, 0.1) is 18.3 Å². The van der Waals surface area contributed by atoms with Crippen molar-refractivity contribution in [3.05, 3.63) is 23.8 Å². The van der Waals surface area contributed by atoms with Gasteiger partial charge in [-0.1, -0.05) is 6.07 Å². The predicted octanol–water partition coefficient (Wildman–Crippen LogP) is 2.75. The molecule has 3 rings (SSSR count). The van der Waals surface area contributed by atoms with Gasteiger partial charge < -0.3 is 15.4 Å². The van der Waals surface area contributed by atoms with Gasteiger partial charge in [-0.25, -0.2) is 0 Å². The molecular weight excluding hydrogens is 288 g/mol. The summed E-state index contributed by atoms with van der Waals surface area (Å²) >= 11 is 0. The molecule has 1 aliphatic carbocycles. The van der Waals surface area contributed by atoms with Crippen molar-refractivity contribution in [2.24, 2.45) is 11.3 Å². The van der Waals surface area contributed by atoms with Crippen LogP contribution in [0.5, 0.6) is 5.75 Å². The highest BCUT2D eigenvalue weighted by molar-refractivity contribution is 5.96. The van der Waals surface area contributed by atoms with Crippen LogP contribution in [0.4, 0.5) is 5.69 Å². The molecular formula is C16H23ClN2O2. The van der Waals surface area contributed by atoms with Crippen molar-refractivity contribution in [2.75, 3.05) is 25.5 Å². The van der Waals surface area contributed by atoms with E-state index in [1.807, 2.05) is 25.1 Å². The van der Waals surface area contributed by atoms with Crippen LogP contribution < -0.4 is 15.4 Å². The fourth-order valence-electron chi connectivity index (χ4n) is 3.32. The molecule has 1 amide bonds. The van der Waals surface area contributed by atoms with Crippen molar-refractivity contribution >= 4 is 24.0 Å². The van der Waals surface area contributed by atoms with Crippen molar-refractivity contribution in [1.82, 2.24) is 5.32 Å². The first kappa shape index (κ1) is 16.1. The van der Waals surface area contributed by atoms with E-state index in [2.05, 4.69) is 10.6 Å². The standard InChI is InChI=1S/C16H22N2O2.ClH/c1-11-3-4-13(14(9-11)20-2)18-15(19)12-10-16(12)5-7-17-8-6-16;/h3-4,9,12,17H,5-8,10H2,1-2H3,(H,18,19);1H. The Balaban J connectivity index is 0.00000161. The largest absolute Gasteiger partial charge is 0.495 e. The van der Waals surface area contributed by atoms with Crippen LogP contribution in [0.15, 0.2) is 18.2 Å². The van der Waals surface area contributed by atoms with E-state index in [1.54, 1.807) is 7.11 Å². The van der Waals surface area contributed by atoms with Crippen LogP contribution in [0.1, 0.15) is 24.8 Å². The van der Waals surface area contributed by atoms with E-state index < -0.39 is 0 Å². The monoisotopic (exact) mass is 310 g/mol. The van der Waals surface area contributed by atoms with E-state index in [-0.39, 0.29) is 29.6 Å². The van der Waals surface area contributed by atoms with Gasteiger partial charge in [0, 0.05) is 5.92 Å². The maximum absolute atomic E-state index is 12.4. The first-order valence-electron chi connectivity index (χ1n) is 7.31. The Morgan fingerprint density at radius 3 is 2.76 bits per heavy atom. The van der Waals surface area contributed by atoms with Gasteiger partial charge in [-0.2, -0.15) is 0 Å². The van der Waals surface area contributed by atoms with E-state index in [0.717, 1.165) is 49.4 Å². The number of methoxy groups -OCH3 is 1. The average Bonchev–Trinajstić information content (AvgIpc) is 3.15. The number of halogens is 1. The van der Waals surface area contributed by atoms with E-state index in [9.17, 15) is 4.79 Å². The van der Waals surface area contributed by atoms with Gasteiger partial charge in [-0.15, -0.1) is 12.4 Å². The number of benzene rings is 1. The Labute approximate surface area is 132 Å². The lowest BCUT2D eigenvalue weighted by molar-refractivity contribution is -0.118. The average molecular weight is 311 g/mol. The van der Waals surface area contributed by atoms with Gasteiger partial charge in [0.25, 0.3) is 0 Å². The topological polar surface area (TPSA) is 50.4 Å². The van der Waals surface area contributed by atoms with Gasteiger partial charge >= 0.3 is 0 Å². The maximum atomic E-state index is 12.4. The molecule has 1 atom stereocenters. The molecule has 1 unspecified atom stereocenters. The van der Waals surface area contributed by atoms with Gasteiger partial charge in [0.1, 0.15) is 5.75 Å². The van der Waals surface area contributed by atoms with Crippen LogP contribution in [-0.4, -0.2) is 26.1 Å². The predicted molar refractivity (Wildman–Crippen MR) is 86.3 cm³/mol. The zero-order valence-corrected chi connectivity index (χ0v) is 13.4. The molecule has 116 valence electrons. The fourth-order valence-corrected chi connectivity index (χ4v) is 3.32. The molecule has 0 bridgehead atoms. The van der Waals surface area contributed by atoms with Gasteiger partial charge in [0.2, 0.25) is 5.91 Å². The normalized spacial score (nSPS) is 22.3. The molecule has 1 aromatic rings. The third-order valence-electron chi connectivity index (χ3n) is 4.72. The third-order valence-corrected chi connectivity index (χ3v) is 4.72. The van der Waals surface area contributed by atoms with Gasteiger partial charge in [-0.05, 0) is 62.4 Å². The number of anilines is 1. The Hall–Kier alpha value is -1.26. The van der Waals surface area contributed by atoms with Crippen LogP contribution in [-0.2, 0) is 4.79 Å². The van der Waals surface area contributed by atoms with Gasteiger partial charge in [0.05, 0.1) is 12.8 Å². The number of rotatable bonds is 3. The van der Waals surface area contributed by atoms with Crippen LogP contribution in [0.25, 0.3) is 0 Å². The highest BCUT2D eigenvalue weighted by Gasteiger charge is 2.57. The Morgan fingerprint density at radius 2 is 2.10 bits per heavy atom. The van der Waals surface area contributed by atoms with Crippen molar-refractivity contribution in [3.8, 4) is 5.75 Å². The molecule has 4 nitrogen and oxygen atoms in total. The number of hydrogen-bond acceptors (Lipinski definition) is 3. The maximum Gasteiger partial charge on any atom is 0.228 e. The number of carbonyl (C=O) groups excluding carboxylic acids is 1. The minimum absolute atomic E-state index is 0. The molecule has 2 aliphatic rings. The SMILES string of the molecule is COc1cc(C)ccc1NC(=O)C1CC12CCNCC2.Cl. The summed E-state index contributed by atoms with van der Waals surface area (Å²) < 4.78 is 5.34. The zero-order valence-electron chi connectivity index (χ0n) is 12.6. The number of aryl methyl sites for hydroxylation is 1. The molecule has 0 aromatic heterocycles. The van der Waals surface area contributed by atoms with Crippen molar-refractivity contribution in [1.29, 1.82) is 0 Å². The van der Waals surface area contributed by atoms with Crippen molar-refractivity contribution in [2.45, 2.75) is 26.2 Å². The lowest BCUT2D eigenvalue weighted by Gasteiger charge is -2.23. The van der Waals surface area contributed by atoms with Crippen LogP contribution >= 0.6 is 12.4 Å².